The largest absolute Gasteiger partial charge is 0.440 e. The lowest BCUT2D eigenvalue weighted by atomic mass is 10.1. The van der Waals surface area contributed by atoms with E-state index in [1.807, 2.05) is 31.2 Å². The summed E-state index contributed by atoms with van der Waals surface area (Å²) in [6, 6.07) is 7.76. The van der Waals surface area contributed by atoms with Gasteiger partial charge in [-0.1, -0.05) is 25.1 Å². The second kappa shape index (κ2) is 5.18. The van der Waals surface area contributed by atoms with Crippen molar-refractivity contribution in [1.29, 1.82) is 0 Å². The van der Waals surface area contributed by atoms with Crippen molar-refractivity contribution in [3.05, 3.63) is 42.3 Å². The molecule has 0 aliphatic carbocycles. The van der Waals surface area contributed by atoms with Gasteiger partial charge in [0.15, 0.2) is 0 Å². The third-order valence-corrected chi connectivity index (χ3v) is 3.24. The van der Waals surface area contributed by atoms with Crippen molar-refractivity contribution < 1.29 is 9.52 Å². The molecule has 1 heterocycles. The van der Waals surface area contributed by atoms with Gasteiger partial charge in [-0.05, 0) is 29.8 Å². The highest BCUT2D eigenvalue weighted by Crippen LogP contribution is 2.33. The van der Waals surface area contributed by atoms with E-state index in [0.717, 1.165) is 10.5 Å². The Morgan fingerprint density at radius 1 is 1.44 bits per heavy atom. The van der Waals surface area contributed by atoms with Gasteiger partial charge >= 0.3 is 0 Å². The fourth-order valence-corrected chi connectivity index (χ4v) is 2.30. The van der Waals surface area contributed by atoms with Gasteiger partial charge in [-0.15, -0.1) is 0 Å². The maximum atomic E-state index is 9.87. The molecular weight excluding hydrogens is 222 g/mol. The molecule has 0 amide bonds. The number of oxazole rings is 1. The van der Waals surface area contributed by atoms with Crippen LogP contribution < -0.4 is 0 Å². The van der Waals surface area contributed by atoms with Gasteiger partial charge in [-0.25, -0.2) is 4.98 Å². The summed E-state index contributed by atoms with van der Waals surface area (Å²) in [6.45, 7) is 1.96. The van der Waals surface area contributed by atoms with Crippen LogP contribution >= 0.6 is 11.8 Å². The molecule has 4 heteroatoms. The molecule has 1 aromatic heterocycles. The van der Waals surface area contributed by atoms with Crippen molar-refractivity contribution in [2.45, 2.75) is 29.6 Å². The Labute approximate surface area is 98.5 Å². The Morgan fingerprint density at radius 3 is 2.94 bits per heavy atom. The molecule has 16 heavy (non-hydrogen) atoms. The molecule has 0 fully saturated rings. The van der Waals surface area contributed by atoms with Crippen molar-refractivity contribution in [2.24, 2.45) is 0 Å². The van der Waals surface area contributed by atoms with Crippen molar-refractivity contribution in [3.63, 3.8) is 0 Å². The van der Waals surface area contributed by atoms with Gasteiger partial charge < -0.3 is 9.52 Å². The minimum atomic E-state index is -0.432. The van der Waals surface area contributed by atoms with Crippen LogP contribution in [-0.2, 0) is 0 Å². The molecule has 0 saturated heterocycles. The Morgan fingerprint density at radius 2 is 2.25 bits per heavy atom. The highest BCUT2D eigenvalue weighted by Gasteiger charge is 2.12. The number of aliphatic hydroxyl groups is 1. The van der Waals surface area contributed by atoms with E-state index in [4.69, 9.17) is 4.42 Å². The zero-order valence-corrected chi connectivity index (χ0v) is 9.78. The predicted molar refractivity (Wildman–Crippen MR) is 62.3 cm³/mol. The summed E-state index contributed by atoms with van der Waals surface area (Å²) < 4.78 is 5.18. The molecule has 0 saturated carbocycles. The van der Waals surface area contributed by atoms with E-state index < -0.39 is 6.10 Å². The molecular formula is C12H13NO2S. The topological polar surface area (TPSA) is 46.3 Å². The van der Waals surface area contributed by atoms with Crippen LogP contribution in [0.4, 0.5) is 0 Å². The average molecular weight is 235 g/mol. The molecule has 1 aromatic carbocycles. The van der Waals surface area contributed by atoms with E-state index in [0.29, 0.717) is 11.6 Å². The molecule has 0 aliphatic rings. The maximum Gasteiger partial charge on any atom is 0.260 e. The van der Waals surface area contributed by atoms with Crippen molar-refractivity contribution >= 4 is 11.8 Å². The van der Waals surface area contributed by atoms with E-state index >= 15 is 0 Å². The highest BCUT2D eigenvalue weighted by atomic mass is 32.2. The molecule has 0 unspecified atom stereocenters. The number of rotatable bonds is 4. The summed E-state index contributed by atoms with van der Waals surface area (Å²) in [5, 5.41) is 10.5. The van der Waals surface area contributed by atoms with Crippen LogP contribution in [0.5, 0.6) is 0 Å². The van der Waals surface area contributed by atoms with Crippen LogP contribution in [0, 0.1) is 0 Å². The fraction of sp³-hybridized carbons (Fsp3) is 0.250. The second-order valence-electron chi connectivity index (χ2n) is 3.36. The molecule has 0 radical (unpaired) electrons. The van der Waals surface area contributed by atoms with Gasteiger partial charge in [0.25, 0.3) is 5.22 Å². The van der Waals surface area contributed by atoms with Crippen LogP contribution in [0.3, 0.4) is 0 Å². The van der Waals surface area contributed by atoms with Gasteiger partial charge in [0.2, 0.25) is 0 Å². The lowest BCUT2D eigenvalue weighted by molar-refractivity contribution is 0.171. The first kappa shape index (κ1) is 11.2. The maximum absolute atomic E-state index is 9.87. The van der Waals surface area contributed by atoms with Crippen molar-refractivity contribution in [3.8, 4) is 0 Å². The van der Waals surface area contributed by atoms with E-state index in [-0.39, 0.29) is 0 Å². The molecule has 0 bridgehead atoms. The molecule has 0 aliphatic heterocycles. The molecule has 84 valence electrons. The van der Waals surface area contributed by atoms with Crippen LogP contribution in [0.25, 0.3) is 0 Å². The van der Waals surface area contributed by atoms with Crippen LogP contribution in [0.15, 0.2) is 51.3 Å². The van der Waals surface area contributed by atoms with E-state index in [1.165, 1.54) is 11.8 Å². The first-order valence-corrected chi connectivity index (χ1v) is 5.97. The number of hydrogen-bond acceptors (Lipinski definition) is 4. The highest BCUT2D eigenvalue weighted by molar-refractivity contribution is 7.99. The summed E-state index contributed by atoms with van der Waals surface area (Å²) in [5.41, 5.74) is 0.924. The SMILES string of the molecule is CC[C@@H](O)c1ccccc1Sc1ncco1. The van der Waals surface area contributed by atoms with Crippen LogP contribution in [-0.4, -0.2) is 10.1 Å². The monoisotopic (exact) mass is 235 g/mol. The van der Waals surface area contributed by atoms with E-state index in [9.17, 15) is 5.11 Å². The van der Waals surface area contributed by atoms with Crippen LogP contribution in [0.1, 0.15) is 25.0 Å². The Kier molecular flexibility index (Phi) is 3.64. The molecule has 0 spiro atoms. The Bertz CT molecular complexity index is 442. The number of aromatic nitrogens is 1. The third-order valence-electron chi connectivity index (χ3n) is 2.27. The fourth-order valence-electron chi connectivity index (χ4n) is 1.42. The summed E-state index contributed by atoms with van der Waals surface area (Å²) >= 11 is 1.43. The Hall–Kier alpha value is -1.26. The molecule has 2 rings (SSSR count). The lowest BCUT2D eigenvalue weighted by Crippen LogP contribution is -1.96. The van der Waals surface area contributed by atoms with Crippen molar-refractivity contribution in [2.75, 3.05) is 0 Å². The van der Waals surface area contributed by atoms with Gasteiger partial charge in [0, 0.05) is 4.90 Å². The smallest absolute Gasteiger partial charge is 0.260 e. The van der Waals surface area contributed by atoms with Gasteiger partial charge in [0.1, 0.15) is 6.26 Å². The number of nitrogens with zero attached hydrogens (tertiary/aromatic N) is 1. The number of aliphatic hydroxyl groups excluding tert-OH is 1. The minimum absolute atomic E-state index is 0.432. The van der Waals surface area contributed by atoms with E-state index in [2.05, 4.69) is 4.98 Å². The zero-order chi connectivity index (χ0) is 11.4. The Balaban J connectivity index is 2.26. The summed E-state index contributed by atoms with van der Waals surface area (Å²) in [5.74, 6) is 0. The summed E-state index contributed by atoms with van der Waals surface area (Å²) in [7, 11) is 0. The van der Waals surface area contributed by atoms with Gasteiger partial charge in [-0.3, -0.25) is 0 Å². The normalized spacial score (nSPS) is 12.6. The number of benzene rings is 1. The van der Waals surface area contributed by atoms with E-state index in [1.54, 1.807) is 12.5 Å². The molecule has 2 aromatic rings. The summed E-state index contributed by atoms with van der Waals surface area (Å²) in [6.07, 6.45) is 3.42. The first-order chi connectivity index (χ1) is 7.81. The van der Waals surface area contributed by atoms with Gasteiger partial charge in [0.05, 0.1) is 12.3 Å². The molecule has 1 N–H and O–H groups in total. The minimum Gasteiger partial charge on any atom is -0.440 e. The summed E-state index contributed by atoms with van der Waals surface area (Å²) in [4.78, 5) is 5.04. The van der Waals surface area contributed by atoms with Crippen LogP contribution in [0.2, 0.25) is 0 Å². The predicted octanol–water partition coefficient (Wildman–Crippen LogP) is 3.27. The second-order valence-corrected chi connectivity index (χ2v) is 4.36. The molecule has 3 nitrogen and oxygen atoms in total. The standard InChI is InChI=1S/C12H13NO2S/c1-2-10(14)9-5-3-4-6-11(9)16-12-13-7-8-15-12/h3-8,10,14H,2H2,1H3/t10-/m1/s1. The third kappa shape index (κ3) is 2.46. The van der Waals surface area contributed by atoms with Crippen molar-refractivity contribution in [1.82, 2.24) is 4.98 Å². The lowest BCUT2D eigenvalue weighted by Gasteiger charge is -2.11. The average Bonchev–Trinajstić information content (AvgIpc) is 2.82. The first-order valence-electron chi connectivity index (χ1n) is 5.15. The van der Waals surface area contributed by atoms with Gasteiger partial charge in [-0.2, -0.15) is 0 Å². The molecule has 1 atom stereocenters. The quantitative estimate of drug-likeness (QED) is 0.883. The number of hydrogen-bond donors (Lipinski definition) is 1. The zero-order valence-electron chi connectivity index (χ0n) is 8.96.